The minimum absolute atomic E-state index is 0.226. The summed E-state index contributed by atoms with van der Waals surface area (Å²) >= 11 is 2.21. The number of ether oxygens (including phenoxy) is 1. The van der Waals surface area contributed by atoms with Crippen molar-refractivity contribution in [2.24, 2.45) is 5.84 Å². The molecule has 0 fully saturated rings. The molecule has 14 heavy (non-hydrogen) atoms. The first-order valence-corrected chi connectivity index (χ1v) is 5.18. The van der Waals surface area contributed by atoms with E-state index in [2.05, 4.69) is 22.6 Å². The second-order valence-corrected chi connectivity index (χ2v) is 3.87. The van der Waals surface area contributed by atoms with Gasteiger partial charge in [-0.1, -0.05) is 0 Å². The highest BCUT2D eigenvalue weighted by Crippen LogP contribution is 2.13. The van der Waals surface area contributed by atoms with Crippen LogP contribution in [0.3, 0.4) is 0 Å². The Bertz CT molecular complexity index is 300. The van der Waals surface area contributed by atoms with Crippen LogP contribution in [0.25, 0.3) is 0 Å². The molecule has 76 valence electrons. The predicted molar refractivity (Wildman–Crippen MR) is 61.6 cm³/mol. The minimum Gasteiger partial charge on any atom is -0.493 e. The standard InChI is InChI=1S/C9H11IN2O2/c10-7-1-3-8(4-2-7)14-6-5-9(13)12-11/h1-4H,5-6,11H2,(H,12,13). The van der Waals surface area contributed by atoms with E-state index in [1.807, 2.05) is 29.7 Å². The summed E-state index contributed by atoms with van der Waals surface area (Å²) in [5.41, 5.74) is 2.04. The van der Waals surface area contributed by atoms with Gasteiger partial charge in [-0.15, -0.1) is 0 Å². The number of amides is 1. The van der Waals surface area contributed by atoms with E-state index in [1.54, 1.807) is 0 Å². The highest BCUT2D eigenvalue weighted by molar-refractivity contribution is 14.1. The molecule has 0 unspecified atom stereocenters. The lowest BCUT2D eigenvalue weighted by atomic mass is 10.3. The quantitative estimate of drug-likeness (QED) is 0.378. The highest BCUT2D eigenvalue weighted by atomic mass is 127. The van der Waals surface area contributed by atoms with Gasteiger partial charge in [-0.3, -0.25) is 10.2 Å². The van der Waals surface area contributed by atoms with Crippen molar-refractivity contribution in [3.63, 3.8) is 0 Å². The van der Waals surface area contributed by atoms with Crippen molar-refractivity contribution in [3.8, 4) is 5.75 Å². The van der Waals surface area contributed by atoms with Crippen LogP contribution in [-0.4, -0.2) is 12.5 Å². The van der Waals surface area contributed by atoms with Crippen LogP contribution in [0.5, 0.6) is 5.75 Å². The number of hydrogen-bond acceptors (Lipinski definition) is 3. The van der Waals surface area contributed by atoms with E-state index >= 15 is 0 Å². The molecular weight excluding hydrogens is 295 g/mol. The smallest absolute Gasteiger partial charge is 0.237 e. The summed E-state index contributed by atoms with van der Waals surface area (Å²) in [6.45, 7) is 0.337. The number of hydrogen-bond donors (Lipinski definition) is 2. The fourth-order valence-corrected chi connectivity index (χ4v) is 1.22. The van der Waals surface area contributed by atoms with E-state index in [9.17, 15) is 4.79 Å². The summed E-state index contributed by atoms with van der Waals surface area (Å²) in [6.07, 6.45) is 0.266. The Balaban J connectivity index is 2.31. The average Bonchev–Trinajstić information content (AvgIpc) is 2.21. The molecule has 0 aliphatic heterocycles. The van der Waals surface area contributed by atoms with Crippen molar-refractivity contribution in [2.45, 2.75) is 6.42 Å². The van der Waals surface area contributed by atoms with Gasteiger partial charge in [-0.05, 0) is 46.9 Å². The van der Waals surface area contributed by atoms with Gasteiger partial charge in [0.2, 0.25) is 5.91 Å². The van der Waals surface area contributed by atoms with Gasteiger partial charge >= 0.3 is 0 Å². The van der Waals surface area contributed by atoms with Gasteiger partial charge in [0, 0.05) is 3.57 Å². The fraction of sp³-hybridized carbons (Fsp3) is 0.222. The van der Waals surface area contributed by atoms with Crippen LogP contribution in [0, 0.1) is 3.57 Å². The average molecular weight is 306 g/mol. The third-order valence-electron chi connectivity index (χ3n) is 1.57. The summed E-state index contributed by atoms with van der Waals surface area (Å²) in [5.74, 6) is 5.45. The number of halogens is 1. The van der Waals surface area contributed by atoms with Gasteiger partial charge in [-0.25, -0.2) is 5.84 Å². The van der Waals surface area contributed by atoms with E-state index in [1.165, 1.54) is 0 Å². The van der Waals surface area contributed by atoms with Crippen molar-refractivity contribution in [1.29, 1.82) is 0 Å². The summed E-state index contributed by atoms with van der Waals surface area (Å²) in [7, 11) is 0. The predicted octanol–water partition coefficient (Wildman–Crippen LogP) is 1.05. The molecule has 0 spiro atoms. The lowest BCUT2D eigenvalue weighted by Crippen LogP contribution is -2.31. The molecule has 1 aromatic rings. The number of hydrazine groups is 1. The molecule has 1 aromatic carbocycles. The zero-order valence-corrected chi connectivity index (χ0v) is 9.65. The maximum atomic E-state index is 10.7. The number of nitrogens with one attached hydrogen (secondary N) is 1. The van der Waals surface area contributed by atoms with Crippen LogP contribution in [0.15, 0.2) is 24.3 Å². The number of carbonyl (C=O) groups excluding carboxylic acids is 1. The maximum absolute atomic E-state index is 10.7. The Labute approximate surface area is 95.9 Å². The van der Waals surface area contributed by atoms with Gasteiger partial charge in [0.25, 0.3) is 0 Å². The van der Waals surface area contributed by atoms with Gasteiger partial charge in [0.05, 0.1) is 13.0 Å². The van der Waals surface area contributed by atoms with E-state index < -0.39 is 0 Å². The summed E-state index contributed by atoms with van der Waals surface area (Å²) in [5, 5.41) is 0. The van der Waals surface area contributed by atoms with E-state index in [-0.39, 0.29) is 12.3 Å². The van der Waals surface area contributed by atoms with E-state index in [4.69, 9.17) is 10.6 Å². The van der Waals surface area contributed by atoms with Gasteiger partial charge in [0.15, 0.2) is 0 Å². The van der Waals surface area contributed by atoms with E-state index in [0.29, 0.717) is 6.61 Å². The zero-order valence-electron chi connectivity index (χ0n) is 7.50. The molecule has 0 saturated heterocycles. The number of carbonyl (C=O) groups is 1. The van der Waals surface area contributed by atoms with Crippen molar-refractivity contribution >= 4 is 28.5 Å². The van der Waals surface area contributed by atoms with Gasteiger partial charge < -0.3 is 4.74 Å². The molecule has 0 aliphatic rings. The first-order valence-electron chi connectivity index (χ1n) is 4.10. The Hall–Kier alpha value is -0.820. The van der Waals surface area contributed by atoms with Crippen molar-refractivity contribution in [1.82, 2.24) is 5.43 Å². The number of nitrogens with two attached hydrogens (primary N) is 1. The first-order chi connectivity index (χ1) is 6.72. The summed E-state index contributed by atoms with van der Waals surface area (Å²) in [4.78, 5) is 10.7. The number of rotatable bonds is 4. The molecule has 1 rings (SSSR count). The molecule has 0 saturated carbocycles. The molecule has 0 aromatic heterocycles. The lowest BCUT2D eigenvalue weighted by Gasteiger charge is -2.04. The largest absolute Gasteiger partial charge is 0.493 e. The SMILES string of the molecule is NNC(=O)CCOc1ccc(I)cc1. The molecule has 0 atom stereocenters. The fourth-order valence-electron chi connectivity index (χ4n) is 0.865. The lowest BCUT2D eigenvalue weighted by molar-refractivity contribution is -0.121. The van der Waals surface area contributed by atoms with Crippen molar-refractivity contribution in [2.75, 3.05) is 6.61 Å². The summed E-state index contributed by atoms with van der Waals surface area (Å²) < 4.78 is 6.46. The molecule has 0 radical (unpaired) electrons. The molecule has 5 heteroatoms. The third kappa shape index (κ3) is 3.93. The second-order valence-electron chi connectivity index (χ2n) is 2.62. The third-order valence-corrected chi connectivity index (χ3v) is 2.29. The van der Waals surface area contributed by atoms with Gasteiger partial charge in [0.1, 0.15) is 5.75 Å². The monoisotopic (exact) mass is 306 g/mol. The van der Waals surface area contributed by atoms with Crippen molar-refractivity contribution in [3.05, 3.63) is 27.8 Å². The Morgan fingerprint density at radius 1 is 1.43 bits per heavy atom. The molecule has 0 heterocycles. The van der Waals surface area contributed by atoms with Crippen LogP contribution in [0.1, 0.15) is 6.42 Å². The molecular formula is C9H11IN2O2. The molecule has 0 aliphatic carbocycles. The van der Waals surface area contributed by atoms with Gasteiger partial charge in [-0.2, -0.15) is 0 Å². The highest BCUT2D eigenvalue weighted by Gasteiger charge is 1.98. The molecule has 1 amide bonds. The molecule has 4 nitrogen and oxygen atoms in total. The Kier molecular flexibility index (Phi) is 4.68. The summed E-state index contributed by atoms with van der Waals surface area (Å²) in [6, 6.07) is 7.61. The van der Waals surface area contributed by atoms with E-state index in [0.717, 1.165) is 9.32 Å². The molecule has 0 bridgehead atoms. The second kappa shape index (κ2) is 5.82. The Morgan fingerprint density at radius 3 is 2.64 bits per heavy atom. The van der Waals surface area contributed by atoms with Crippen LogP contribution >= 0.6 is 22.6 Å². The van der Waals surface area contributed by atoms with Crippen LogP contribution in [0.4, 0.5) is 0 Å². The van der Waals surface area contributed by atoms with Crippen LogP contribution < -0.4 is 16.0 Å². The maximum Gasteiger partial charge on any atom is 0.237 e. The molecule has 3 N–H and O–H groups in total. The normalized spacial score (nSPS) is 9.57. The topological polar surface area (TPSA) is 64.3 Å². The zero-order chi connectivity index (χ0) is 10.4. The first kappa shape index (κ1) is 11.3. The minimum atomic E-state index is -0.226. The van der Waals surface area contributed by atoms with Crippen molar-refractivity contribution < 1.29 is 9.53 Å². The van der Waals surface area contributed by atoms with Crippen LogP contribution in [0.2, 0.25) is 0 Å². The number of benzene rings is 1. The Morgan fingerprint density at radius 2 is 2.07 bits per heavy atom. The van der Waals surface area contributed by atoms with Crippen LogP contribution in [-0.2, 0) is 4.79 Å².